The Morgan fingerprint density at radius 2 is 2.00 bits per heavy atom. The van der Waals surface area contributed by atoms with Gasteiger partial charge in [0.2, 0.25) is 0 Å². The van der Waals surface area contributed by atoms with Crippen molar-refractivity contribution in [1.82, 2.24) is 0 Å². The highest BCUT2D eigenvalue weighted by Crippen LogP contribution is 2.33. The Kier molecular flexibility index (Phi) is 3.93. The van der Waals surface area contributed by atoms with Gasteiger partial charge in [-0.1, -0.05) is 18.2 Å². The minimum Gasteiger partial charge on any atom is -0.251 e. The summed E-state index contributed by atoms with van der Waals surface area (Å²) in [6, 6.07) is 10.3. The Balaban J connectivity index is 2.40. The van der Waals surface area contributed by atoms with Gasteiger partial charge in [-0.05, 0) is 24.1 Å². The van der Waals surface area contributed by atoms with E-state index in [4.69, 9.17) is 0 Å². The zero-order valence-electron chi connectivity index (χ0n) is 9.73. The number of rotatable bonds is 3. The minimum atomic E-state index is 0.723. The van der Waals surface area contributed by atoms with Gasteiger partial charge in [-0.2, -0.15) is 5.26 Å². The number of allylic oxidation sites excluding steroid dienone is 1. The lowest BCUT2D eigenvalue weighted by Crippen LogP contribution is -2.02. The lowest BCUT2D eigenvalue weighted by atomic mass is 10.1. The molecule has 1 aromatic carbocycles. The molecule has 0 aliphatic carbocycles. The predicted octanol–water partition coefficient (Wildman–Crippen LogP) is 3.78. The summed E-state index contributed by atoms with van der Waals surface area (Å²) in [4.78, 5) is 4.55. The maximum atomic E-state index is 9.28. The number of hydrogen-bond acceptors (Lipinski definition) is 4. The first-order valence-corrected chi connectivity index (χ1v) is 7.63. The van der Waals surface area contributed by atoms with Crippen LogP contribution in [0.5, 0.6) is 0 Å². The van der Waals surface area contributed by atoms with E-state index in [0.717, 1.165) is 27.6 Å². The number of aliphatic imine (C=N–C) groups is 1. The van der Waals surface area contributed by atoms with E-state index in [0.29, 0.717) is 0 Å². The van der Waals surface area contributed by atoms with Gasteiger partial charge >= 0.3 is 0 Å². The second-order valence-corrected chi connectivity index (χ2v) is 5.44. The number of nitriles is 1. The van der Waals surface area contributed by atoms with Crippen LogP contribution in [0.1, 0.15) is 5.56 Å². The molecule has 1 aromatic rings. The molecule has 1 aliphatic heterocycles. The van der Waals surface area contributed by atoms with Crippen LogP contribution in [0.4, 0.5) is 5.69 Å². The molecule has 0 fully saturated rings. The van der Waals surface area contributed by atoms with Crippen molar-refractivity contribution in [1.29, 1.82) is 5.26 Å². The molecule has 0 bridgehead atoms. The second-order valence-electron chi connectivity index (χ2n) is 3.55. The van der Waals surface area contributed by atoms with Crippen LogP contribution >= 0.6 is 23.5 Å². The van der Waals surface area contributed by atoms with E-state index in [-0.39, 0.29) is 0 Å². The van der Waals surface area contributed by atoms with Crippen LogP contribution in [-0.2, 0) is 6.42 Å². The van der Waals surface area contributed by atoms with Gasteiger partial charge in [0.1, 0.15) is 6.07 Å². The third-order valence-corrected chi connectivity index (χ3v) is 4.73. The molecule has 0 N–H and O–H groups in total. The number of nitrogens with zero attached hydrogens (tertiary/aromatic N) is 2. The number of hydrogen-bond donors (Lipinski definition) is 0. The van der Waals surface area contributed by atoms with Gasteiger partial charge in [0.15, 0.2) is 0 Å². The Hall–Kier alpha value is -1.18. The molecule has 86 valence electrons. The van der Waals surface area contributed by atoms with Crippen LogP contribution in [0.3, 0.4) is 0 Å². The first-order valence-electron chi connectivity index (χ1n) is 5.18. The van der Waals surface area contributed by atoms with Crippen molar-refractivity contribution in [2.24, 2.45) is 4.99 Å². The molecule has 4 heteroatoms. The number of thioether (sulfide) groups is 2. The Morgan fingerprint density at radius 3 is 2.59 bits per heavy atom. The fraction of sp³-hybridized carbons (Fsp3) is 0.231. The molecule has 0 saturated heterocycles. The van der Waals surface area contributed by atoms with Gasteiger partial charge < -0.3 is 0 Å². The molecule has 2 rings (SSSR count). The molecule has 2 nitrogen and oxygen atoms in total. The number of fused-ring (bicyclic) bond motifs is 1. The van der Waals surface area contributed by atoms with Crippen molar-refractivity contribution >= 4 is 34.9 Å². The summed E-state index contributed by atoms with van der Waals surface area (Å²) in [5, 5.41) is 9.28. The molecule has 0 radical (unpaired) electrons. The van der Waals surface area contributed by atoms with Crippen molar-refractivity contribution in [2.75, 3.05) is 12.5 Å². The fourth-order valence-electron chi connectivity index (χ4n) is 1.79. The van der Waals surface area contributed by atoms with Crippen LogP contribution in [0.25, 0.3) is 0 Å². The summed E-state index contributed by atoms with van der Waals surface area (Å²) in [6.07, 6.45) is 4.75. The van der Waals surface area contributed by atoms with Gasteiger partial charge in [0.25, 0.3) is 0 Å². The van der Waals surface area contributed by atoms with E-state index < -0.39 is 0 Å². The molecule has 17 heavy (non-hydrogen) atoms. The van der Waals surface area contributed by atoms with Crippen molar-refractivity contribution in [2.45, 2.75) is 6.42 Å². The Bertz CT molecular complexity index is 533. The van der Waals surface area contributed by atoms with Crippen molar-refractivity contribution in [3.8, 4) is 6.07 Å². The largest absolute Gasteiger partial charge is 0.251 e. The highest BCUT2D eigenvalue weighted by atomic mass is 32.2. The van der Waals surface area contributed by atoms with Crippen LogP contribution in [-0.4, -0.2) is 18.2 Å². The summed E-state index contributed by atoms with van der Waals surface area (Å²) < 4.78 is 1.04. The Morgan fingerprint density at radius 1 is 1.29 bits per heavy atom. The predicted molar refractivity (Wildman–Crippen MR) is 76.9 cm³/mol. The first kappa shape index (κ1) is 12.3. The summed E-state index contributed by atoms with van der Waals surface area (Å²) >= 11 is 3.21. The monoisotopic (exact) mass is 260 g/mol. The molecule has 1 aliphatic rings. The molecular formula is C13H12N2S2. The lowest BCUT2D eigenvalue weighted by Gasteiger charge is -2.04. The van der Waals surface area contributed by atoms with Crippen LogP contribution in [0.2, 0.25) is 0 Å². The summed E-state index contributed by atoms with van der Waals surface area (Å²) in [6.45, 7) is 0. The van der Waals surface area contributed by atoms with Gasteiger partial charge in [-0.3, -0.25) is 4.99 Å². The van der Waals surface area contributed by atoms with E-state index in [1.807, 2.05) is 30.7 Å². The average Bonchev–Trinajstić information content (AvgIpc) is 2.78. The van der Waals surface area contributed by atoms with Crippen molar-refractivity contribution in [3.05, 3.63) is 39.6 Å². The maximum Gasteiger partial charge on any atom is 0.103 e. The summed E-state index contributed by atoms with van der Waals surface area (Å²) in [5.74, 6) is 0. The van der Waals surface area contributed by atoms with Gasteiger partial charge in [0.05, 0.1) is 21.2 Å². The average molecular weight is 260 g/mol. The molecule has 0 amide bonds. The van der Waals surface area contributed by atoms with Crippen molar-refractivity contribution < 1.29 is 0 Å². The SMILES string of the molecule is CSC(SC)=C(C#N)C1=Nc2ccccc2C1. The maximum absolute atomic E-state index is 9.28. The molecule has 0 saturated carbocycles. The molecule has 0 unspecified atom stereocenters. The second kappa shape index (κ2) is 5.44. The van der Waals surface area contributed by atoms with Crippen LogP contribution < -0.4 is 0 Å². The normalized spacial score (nSPS) is 12.6. The topological polar surface area (TPSA) is 36.1 Å². The van der Waals surface area contributed by atoms with Gasteiger partial charge in [-0.25, -0.2) is 0 Å². The highest BCUT2D eigenvalue weighted by Gasteiger charge is 2.19. The Labute approximate surface area is 110 Å². The molecule has 0 aromatic heterocycles. The minimum absolute atomic E-state index is 0.723. The van der Waals surface area contributed by atoms with E-state index in [1.54, 1.807) is 23.5 Å². The highest BCUT2D eigenvalue weighted by molar-refractivity contribution is 8.21. The first-order chi connectivity index (χ1) is 8.30. The summed E-state index contributed by atoms with van der Waals surface area (Å²) in [5.41, 5.74) is 3.82. The standard InChI is InChI=1S/C13H12N2S2/c1-16-13(17-2)10(8-14)12-7-9-5-3-4-6-11(9)15-12/h3-6H,7H2,1-2H3. The van der Waals surface area contributed by atoms with E-state index in [9.17, 15) is 5.26 Å². The quantitative estimate of drug-likeness (QED) is 0.776. The smallest absolute Gasteiger partial charge is 0.103 e. The fourth-order valence-corrected chi connectivity index (χ4v) is 3.20. The molecule has 0 spiro atoms. The van der Waals surface area contributed by atoms with E-state index in [1.165, 1.54) is 5.56 Å². The lowest BCUT2D eigenvalue weighted by molar-refractivity contribution is 1.39. The van der Waals surface area contributed by atoms with Crippen LogP contribution in [0, 0.1) is 11.3 Å². The number of benzene rings is 1. The van der Waals surface area contributed by atoms with Crippen molar-refractivity contribution in [3.63, 3.8) is 0 Å². The van der Waals surface area contributed by atoms with E-state index >= 15 is 0 Å². The zero-order valence-corrected chi connectivity index (χ0v) is 11.4. The molecule has 0 atom stereocenters. The van der Waals surface area contributed by atoms with Crippen LogP contribution in [0.15, 0.2) is 39.1 Å². The third-order valence-electron chi connectivity index (χ3n) is 2.58. The zero-order chi connectivity index (χ0) is 12.3. The van der Waals surface area contributed by atoms with Gasteiger partial charge in [0, 0.05) is 6.42 Å². The summed E-state index contributed by atoms with van der Waals surface area (Å²) in [7, 11) is 0. The van der Waals surface area contributed by atoms with E-state index in [2.05, 4.69) is 17.1 Å². The molecular weight excluding hydrogens is 248 g/mol. The third kappa shape index (κ3) is 2.41. The number of para-hydroxylation sites is 1. The molecule has 1 heterocycles. The van der Waals surface area contributed by atoms with Gasteiger partial charge in [-0.15, -0.1) is 23.5 Å².